The van der Waals surface area contributed by atoms with Crippen LogP contribution in [-0.4, -0.2) is 7.11 Å². The maximum Gasteiger partial charge on any atom is 0.120 e. The van der Waals surface area contributed by atoms with Crippen molar-refractivity contribution < 1.29 is 4.74 Å². The highest BCUT2D eigenvalue weighted by atomic mass is 35.5. The first-order valence-electron chi connectivity index (χ1n) is 6.78. The lowest BCUT2D eigenvalue weighted by molar-refractivity contribution is 0.414. The quantitative estimate of drug-likeness (QED) is 0.665. The summed E-state index contributed by atoms with van der Waals surface area (Å²) in [6.45, 7) is 0. The predicted octanol–water partition coefficient (Wildman–Crippen LogP) is 5.62. The second kappa shape index (κ2) is 5.97. The number of fused-ring (bicyclic) bond motifs is 1. The summed E-state index contributed by atoms with van der Waals surface area (Å²) < 4.78 is 5.18. The first-order chi connectivity index (χ1) is 9.69. The van der Waals surface area contributed by atoms with Crippen molar-refractivity contribution in [3.8, 4) is 5.75 Å². The van der Waals surface area contributed by atoms with Gasteiger partial charge in [0.2, 0.25) is 0 Å². The van der Waals surface area contributed by atoms with Gasteiger partial charge in [-0.3, -0.25) is 0 Å². The summed E-state index contributed by atoms with van der Waals surface area (Å²) in [5.74, 6) is 0.757. The van der Waals surface area contributed by atoms with E-state index < -0.39 is 0 Å². The van der Waals surface area contributed by atoms with E-state index in [-0.39, 0.29) is 5.38 Å². The number of aryl methyl sites for hydroxylation is 2. The summed E-state index contributed by atoms with van der Waals surface area (Å²) >= 11 is 14.8. The van der Waals surface area contributed by atoms with Crippen LogP contribution in [0.3, 0.4) is 0 Å². The van der Waals surface area contributed by atoms with Crippen LogP contribution in [0.4, 0.5) is 0 Å². The van der Waals surface area contributed by atoms with Crippen molar-refractivity contribution in [2.45, 2.75) is 31.1 Å². The third kappa shape index (κ3) is 2.69. The van der Waals surface area contributed by atoms with Crippen molar-refractivity contribution in [1.29, 1.82) is 0 Å². The third-order valence-electron chi connectivity index (χ3n) is 3.75. The van der Waals surface area contributed by atoms with Crippen LogP contribution >= 0.6 is 34.5 Å². The Bertz CT molecular complexity index is 597. The molecule has 0 saturated heterocycles. The minimum Gasteiger partial charge on any atom is -0.497 e. The summed E-state index contributed by atoms with van der Waals surface area (Å²) in [7, 11) is 1.64. The maximum absolute atomic E-state index is 6.64. The number of methoxy groups -OCH3 is 1. The van der Waals surface area contributed by atoms with Gasteiger partial charge in [0.1, 0.15) is 5.75 Å². The van der Waals surface area contributed by atoms with Crippen LogP contribution in [0.25, 0.3) is 0 Å². The SMILES string of the molecule is COc1ccc(C(Cl)c2cc3c(s2)CCCC3)c(Cl)c1. The second-order valence-electron chi connectivity index (χ2n) is 5.05. The Morgan fingerprint density at radius 1 is 1.20 bits per heavy atom. The summed E-state index contributed by atoms with van der Waals surface area (Å²) in [5.41, 5.74) is 2.43. The van der Waals surface area contributed by atoms with Crippen LogP contribution in [0.1, 0.15) is 39.1 Å². The van der Waals surface area contributed by atoms with Gasteiger partial charge in [-0.1, -0.05) is 17.7 Å². The monoisotopic (exact) mass is 326 g/mol. The molecule has 3 rings (SSSR count). The van der Waals surface area contributed by atoms with E-state index in [0.717, 1.165) is 11.3 Å². The van der Waals surface area contributed by atoms with Crippen LogP contribution in [-0.2, 0) is 12.8 Å². The Balaban J connectivity index is 1.92. The first kappa shape index (κ1) is 14.2. The number of halogens is 2. The van der Waals surface area contributed by atoms with Crippen molar-refractivity contribution in [3.63, 3.8) is 0 Å². The molecule has 20 heavy (non-hydrogen) atoms. The number of alkyl halides is 1. The average Bonchev–Trinajstić information content (AvgIpc) is 2.90. The summed E-state index contributed by atoms with van der Waals surface area (Å²) in [4.78, 5) is 2.70. The zero-order valence-corrected chi connectivity index (χ0v) is 13.6. The summed E-state index contributed by atoms with van der Waals surface area (Å²) in [6, 6.07) is 7.94. The molecule has 0 radical (unpaired) electrons. The van der Waals surface area contributed by atoms with Crippen molar-refractivity contribution in [3.05, 3.63) is 50.2 Å². The molecule has 0 saturated carbocycles. The Labute approximate surface area is 133 Å². The zero-order chi connectivity index (χ0) is 14.1. The van der Waals surface area contributed by atoms with Gasteiger partial charge in [-0.2, -0.15) is 0 Å². The molecule has 106 valence electrons. The van der Waals surface area contributed by atoms with Crippen LogP contribution in [0, 0.1) is 0 Å². The van der Waals surface area contributed by atoms with Crippen LogP contribution < -0.4 is 4.74 Å². The van der Waals surface area contributed by atoms with E-state index in [4.69, 9.17) is 27.9 Å². The standard InChI is InChI=1S/C16H16Cl2OS/c1-19-11-6-7-12(13(17)9-11)16(18)15-8-10-4-2-3-5-14(10)20-15/h6-9,16H,2-5H2,1H3. The molecule has 1 heterocycles. The van der Waals surface area contributed by atoms with Gasteiger partial charge >= 0.3 is 0 Å². The highest BCUT2D eigenvalue weighted by molar-refractivity contribution is 7.12. The molecule has 0 bridgehead atoms. The van der Waals surface area contributed by atoms with Gasteiger partial charge in [-0.05, 0) is 55.0 Å². The molecule has 1 aromatic heterocycles. The van der Waals surface area contributed by atoms with Crippen molar-refractivity contribution in [1.82, 2.24) is 0 Å². The van der Waals surface area contributed by atoms with Crippen molar-refractivity contribution in [2.24, 2.45) is 0 Å². The normalized spacial score (nSPS) is 15.8. The molecule has 1 nitrogen and oxygen atoms in total. The smallest absolute Gasteiger partial charge is 0.120 e. The fourth-order valence-corrected chi connectivity index (χ4v) is 4.61. The predicted molar refractivity (Wildman–Crippen MR) is 86.7 cm³/mol. The number of hydrogen-bond donors (Lipinski definition) is 0. The molecular weight excluding hydrogens is 311 g/mol. The molecule has 0 N–H and O–H groups in total. The lowest BCUT2D eigenvalue weighted by Gasteiger charge is -2.11. The van der Waals surface area contributed by atoms with Gasteiger partial charge in [0.05, 0.1) is 12.5 Å². The summed E-state index contributed by atoms with van der Waals surface area (Å²) in [6.07, 6.45) is 4.97. The minimum absolute atomic E-state index is 0.177. The maximum atomic E-state index is 6.64. The fourth-order valence-electron chi connectivity index (χ4n) is 2.63. The van der Waals surface area contributed by atoms with E-state index in [9.17, 15) is 0 Å². The number of rotatable bonds is 3. The van der Waals surface area contributed by atoms with Gasteiger partial charge in [0.15, 0.2) is 0 Å². The van der Waals surface area contributed by atoms with E-state index in [1.54, 1.807) is 7.11 Å². The molecule has 1 aliphatic carbocycles. The van der Waals surface area contributed by atoms with Gasteiger partial charge in [0, 0.05) is 14.8 Å². The van der Waals surface area contributed by atoms with E-state index in [2.05, 4.69) is 6.07 Å². The molecule has 0 aliphatic heterocycles. The molecule has 2 aromatic rings. The minimum atomic E-state index is -0.177. The molecule has 1 aromatic carbocycles. The lowest BCUT2D eigenvalue weighted by Crippen LogP contribution is -1.96. The van der Waals surface area contributed by atoms with Crippen LogP contribution in [0.15, 0.2) is 24.3 Å². The molecular formula is C16H16Cl2OS. The average molecular weight is 327 g/mol. The molecule has 0 fully saturated rings. The van der Waals surface area contributed by atoms with Crippen LogP contribution in [0.2, 0.25) is 5.02 Å². The fraction of sp³-hybridized carbons (Fsp3) is 0.375. The molecule has 1 aliphatic rings. The van der Waals surface area contributed by atoms with Crippen LogP contribution in [0.5, 0.6) is 5.75 Å². The van der Waals surface area contributed by atoms with Gasteiger partial charge < -0.3 is 4.74 Å². The molecule has 4 heteroatoms. The second-order valence-corrected chi connectivity index (χ2v) is 7.07. The first-order valence-corrected chi connectivity index (χ1v) is 8.41. The Hall–Kier alpha value is -0.700. The largest absolute Gasteiger partial charge is 0.497 e. The number of thiophene rings is 1. The lowest BCUT2D eigenvalue weighted by atomic mass is 9.98. The number of benzene rings is 1. The zero-order valence-electron chi connectivity index (χ0n) is 11.3. The molecule has 0 spiro atoms. The third-order valence-corrected chi connectivity index (χ3v) is 5.97. The van der Waals surface area contributed by atoms with Gasteiger partial charge in [0.25, 0.3) is 0 Å². The van der Waals surface area contributed by atoms with E-state index in [1.807, 2.05) is 29.5 Å². The Morgan fingerprint density at radius 3 is 2.70 bits per heavy atom. The van der Waals surface area contributed by atoms with Gasteiger partial charge in [-0.15, -0.1) is 22.9 Å². The van der Waals surface area contributed by atoms with Crippen molar-refractivity contribution >= 4 is 34.5 Å². The Morgan fingerprint density at radius 2 is 2.00 bits per heavy atom. The summed E-state index contributed by atoms with van der Waals surface area (Å²) in [5, 5.41) is 0.486. The van der Waals surface area contributed by atoms with Gasteiger partial charge in [-0.25, -0.2) is 0 Å². The van der Waals surface area contributed by atoms with E-state index >= 15 is 0 Å². The molecule has 0 amide bonds. The molecule has 1 unspecified atom stereocenters. The highest BCUT2D eigenvalue weighted by Crippen LogP contribution is 2.41. The Kier molecular flexibility index (Phi) is 4.25. The molecule has 1 atom stereocenters. The number of ether oxygens (including phenoxy) is 1. The topological polar surface area (TPSA) is 9.23 Å². The van der Waals surface area contributed by atoms with E-state index in [1.165, 1.54) is 41.0 Å². The highest BCUT2D eigenvalue weighted by Gasteiger charge is 2.20. The number of hydrogen-bond acceptors (Lipinski definition) is 2. The van der Waals surface area contributed by atoms with Crippen molar-refractivity contribution in [2.75, 3.05) is 7.11 Å². The van der Waals surface area contributed by atoms with E-state index in [0.29, 0.717) is 5.02 Å².